The average Bonchev–Trinajstić information content (AvgIpc) is 3.54. The summed E-state index contributed by atoms with van der Waals surface area (Å²) in [5.41, 5.74) is -0.789. The highest BCUT2D eigenvalue weighted by atomic mass is 32.2. The molecule has 4 rings (SSSR count). The average molecular weight is 531 g/mol. The minimum Gasteiger partial charge on any atom is -0.476 e. The summed E-state index contributed by atoms with van der Waals surface area (Å²) >= 11 is 0. The van der Waals surface area contributed by atoms with Crippen molar-refractivity contribution < 1.29 is 32.2 Å². The summed E-state index contributed by atoms with van der Waals surface area (Å²) in [5.74, 6) is -2.75. The lowest BCUT2D eigenvalue weighted by Gasteiger charge is -2.23. The first-order chi connectivity index (χ1) is 17.3. The van der Waals surface area contributed by atoms with E-state index in [1.165, 1.54) is 48.0 Å². The summed E-state index contributed by atoms with van der Waals surface area (Å²) in [7, 11) is -4.10. The Morgan fingerprint density at radius 3 is 2.43 bits per heavy atom. The van der Waals surface area contributed by atoms with Gasteiger partial charge in [-0.3, -0.25) is 4.79 Å². The molecule has 0 atom stereocenters. The van der Waals surface area contributed by atoms with Crippen LogP contribution in [-0.4, -0.2) is 41.2 Å². The Balaban J connectivity index is 1.77. The quantitative estimate of drug-likeness (QED) is 0.395. The topological polar surface area (TPSA) is 140 Å². The predicted octanol–water partition coefficient (Wildman–Crippen LogP) is 4.27. The van der Waals surface area contributed by atoms with Gasteiger partial charge in [0.25, 0.3) is 5.91 Å². The van der Waals surface area contributed by atoms with Crippen molar-refractivity contribution in [2.24, 2.45) is 0 Å². The van der Waals surface area contributed by atoms with Crippen molar-refractivity contribution in [2.45, 2.75) is 57.0 Å². The highest BCUT2D eigenvalue weighted by molar-refractivity contribution is 7.89. The van der Waals surface area contributed by atoms with E-state index >= 15 is 0 Å². The number of nitrogens with one attached hydrogen (secondary N) is 2. The standard InChI is InChI=1S/C25H27FN4O6S/c1-14-21(24(32)33)28-30(25(2,3)4)23(14)36-19-12-11-16(13-20(19)37(34,35)29-15-9-10-15)27-22(31)17-7-5-6-8-18(17)26/h5-8,11-13,15,29H,9-10H2,1-4H3,(H,27,31)(H,32,33). The second-order valence-electron chi connectivity index (χ2n) is 9.76. The summed E-state index contributed by atoms with van der Waals surface area (Å²) in [6.45, 7) is 6.91. The molecule has 0 saturated heterocycles. The van der Waals surface area contributed by atoms with Crippen LogP contribution in [0.1, 0.15) is 60.0 Å². The van der Waals surface area contributed by atoms with Crippen LogP contribution in [0, 0.1) is 12.7 Å². The number of ether oxygens (including phenoxy) is 1. The van der Waals surface area contributed by atoms with Gasteiger partial charge in [-0.1, -0.05) is 12.1 Å². The van der Waals surface area contributed by atoms with Crippen LogP contribution in [0.4, 0.5) is 10.1 Å². The fourth-order valence-corrected chi connectivity index (χ4v) is 5.03. The van der Waals surface area contributed by atoms with Crippen molar-refractivity contribution in [2.75, 3.05) is 5.32 Å². The van der Waals surface area contributed by atoms with E-state index in [1.807, 2.05) is 0 Å². The molecule has 0 aliphatic heterocycles. The number of carbonyl (C=O) groups excluding carboxylic acids is 1. The molecule has 1 aliphatic carbocycles. The first kappa shape index (κ1) is 26.3. The molecule has 37 heavy (non-hydrogen) atoms. The summed E-state index contributed by atoms with van der Waals surface area (Å²) < 4.78 is 50.6. The molecule has 0 bridgehead atoms. The zero-order valence-electron chi connectivity index (χ0n) is 20.7. The van der Waals surface area contributed by atoms with E-state index < -0.39 is 33.3 Å². The lowest BCUT2D eigenvalue weighted by molar-refractivity contribution is 0.0687. The molecule has 3 N–H and O–H groups in total. The van der Waals surface area contributed by atoms with E-state index in [4.69, 9.17) is 4.74 Å². The molecule has 1 fully saturated rings. The number of amides is 1. The van der Waals surface area contributed by atoms with Crippen molar-refractivity contribution >= 4 is 27.6 Å². The third-order valence-electron chi connectivity index (χ3n) is 5.62. The molecular weight excluding hydrogens is 503 g/mol. The number of nitrogens with zero attached hydrogens (tertiary/aromatic N) is 2. The molecule has 12 heteroatoms. The number of aromatic nitrogens is 2. The van der Waals surface area contributed by atoms with Crippen molar-refractivity contribution in [1.82, 2.24) is 14.5 Å². The van der Waals surface area contributed by atoms with Gasteiger partial charge in [-0.05, 0) is 70.9 Å². The SMILES string of the molecule is Cc1c(C(=O)O)nn(C(C)(C)C)c1Oc1ccc(NC(=O)c2ccccc2F)cc1S(=O)(=O)NC1CC1. The number of aromatic carboxylic acids is 1. The number of sulfonamides is 1. The lowest BCUT2D eigenvalue weighted by Crippen LogP contribution is -2.27. The van der Waals surface area contributed by atoms with E-state index in [0.29, 0.717) is 12.8 Å². The number of hydrogen-bond acceptors (Lipinski definition) is 6. The summed E-state index contributed by atoms with van der Waals surface area (Å²) in [5, 5.41) is 16.2. The minimum absolute atomic E-state index is 0.0657. The fourth-order valence-electron chi connectivity index (χ4n) is 3.57. The van der Waals surface area contributed by atoms with Crippen LogP contribution < -0.4 is 14.8 Å². The van der Waals surface area contributed by atoms with E-state index in [0.717, 1.165) is 6.07 Å². The van der Waals surface area contributed by atoms with Gasteiger partial charge in [0, 0.05) is 17.3 Å². The van der Waals surface area contributed by atoms with Crippen molar-refractivity contribution in [3.63, 3.8) is 0 Å². The van der Waals surface area contributed by atoms with Crippen LogP contribution in [0.15, 0.2) is 47.4 Å². The first-order valence-electron chi connectivity index (χ1n) is 11.5. The van der Waals surface area contributed by atoms with Gasteiger partial charge < -0.3 is 15.2 Å². The zero-order valence-corrected chi connectivity index (χ0v) is 21.5. The third-order valence-corrected chi connectivity index (χ3v) is 7.16. The summed E-state index contributed by atoms with van der Waals surface area (Å²) in [4.78, 5) is 24.0. The van der Waals surface area contributed by atoms with E-state index in [9.17, 15) is 27.5 Å². The predicted molar refractivity (Wildman–Crippen MR) is 133 cm³/mol. The molecular formula is C25H27FN4O6S. The molecule has 1 heterocycles. The van der Waals surface area contributed by atoms with Crippen LogP contribution >= 0.6 is 0 Å². The van der Waals surface area contributed by atoms with Gasteiger partial charge in [0.1, 0.15) is 16.5 Å². The van der Waals surface area contributed by atoms with E-state index in [1.54, 1.807) is 20.8 Å². The lowest BCUT2D eigenvalue weighted by atomic mass is 10.1. The maximum Gasteiger partial charge on any atom is 0.356 e. The largest absolute Gasteiger partial charge is 0.476 e. The van der Waals surface area contributed by atoms with Crippen molar-refractivity contribution in [3.8, 4) is 11.6 Å². The van der Waals surface area contributed by atoms with Gasteiger partial charge in [0.15, 0.2) is 5.69 Å². The molecule has 0 radical (unpaired) electrons. The number of hydrogen-bond donors (Lipinski definition) is 3. The van der Waals surface area contributed by atoms with Crippen LogP contribution in [0.2, 0.25) is 0 Å². The number of benzene rings is 2. The second-order valence-corrected chi connectivity index (χ2v) is 11.4. The van der Waals surface area contributed by atoms with Crippen molar-refractivity contribution in [3.05, 3.63) is 65.1 Å². The van der Waals surface area contributed by atoms with Gasteiger partial charge in [-0.15, -0.1) is 0 Å². The smallest absolute Gasteiger partial charge is 0.356 e. The Morgan fingerprint density at radius 2 is 1.84 bits per heavy atom. The maximum atomic E-state index is 14.1. The van der Waals surface area contributed by atoms with Crippen LogP contribution in [0.25, 0.3) is 0 Å². The van der Waals surface area contributed by atoms with Gasteiger partial charge in [0.05, 0.1) is 11.1 Å². The van der Waals surface area contributed by atoms with Crippen LogP contribution in [0.3, 0.4) is 0 Å². The summed E-state index contributed by atoms with van der Waals surface area (Å²) in [6.07, 6.45) is 1.38. The fraction of sp³-hybridized carbons (Fsp3) is 0.320. The highest BCUT2D eigenvalue weighted by Gasteiger charge is 2.32. The van der Waals surface area contributed by atoms with Gasteiger partial charge in [0.2, 0.25) is 15.9 Å². The molecule has 1 saturated carbocycles. The second kappa shape index (κ2) is 9.60. The molecule has 0 spiro atoms. The molecule has 1 aromatic heterocycles. The Kier molecular flexibility index (Phi) is 6.82. The summed E-state index contributed by atoms with van der Waals surface area (Å²) in [6, 6.07) is 9.17. The normalized spacial score (nSPS) is 13.9. The molecule has 3 aromatic rings. The van der Waals surface area contributed by atoms with Crippen molar-refractivity contribution in [1.29, 1.82) is 0 Å². The molecule has 0 unspecified atom stereocenters. The first-order valence-corrected chi connectivity index (χ1v) is 13.0. The van der Waals surface area contributed by atoms with Gasteiger partial charge in [-0.2, -0.15) is 5.10 Å². The zero-order chi connectivity index (χ0) is 27.1. The highest BCUT2D eigenvalue weighted by Crippen LogP contribution is 2.37. The number of carbonyl (C=O) groups is 2. The molecule has 10 nitrogen and oxygen atoms in total. The molecule has 1 amide bonds. The molecule has 196 valence electrons. The molecule has 2 aromatic carbocycles. The van der Waals surface area contributed by atoms with E-state index in [-0.39, 0.29) is 45.1 Å². The number of halogens is 1. The third kappa shape index (κ3) is 5.65. The maximum absolute atomic E-state index is 14.1. The van der Waals surface area contributed by atoms with Gasteiger partial charge >= 0.3 is 5.97 Å². The van der Waals surface area contributed by atoms with E-state index in [2.05, 4.69) is 15.1 Å². The van der Waals surface area contributed by atoms with Crippen LogP contribution in [-0.2, 0) is 15.6 Å². The Bertz CT molecular complexity index is 1490. The Morgan fingerprint density at radius 1 is 1.16 bits per heavy atom. The Hall–Kier alpha value is -3.77. The number of carboxylic acid groups (broad SMARTS) is 1. The molecule has 1 aliphatic rings. The number of anilines is 1. The van der Waals surface area contributed by atoms with Gasteiger partial charge in [-0.25, -0.2) is 27.0 Å². The monoisotopic (exact) mass is 530 g/mol. The number of carboxylic acids is 1. The Labute approximate surface area is 213 Å². The number of rotatable bonds is 8. The van der Waals surface area contributed by atoms with Crippen LogP contribution in [0.5, 0.6) is 11.6 Å². The minimum atomic E-state index is -4.10.